The van der Waals surface area contributed by atoms with Gasteiger partial charge in [-0.25, -0.2) is 0 Å². The Labute approximate surface area is 133 Å². The Hall–Kier alpha value is -0.920. The van der Waals surface area contributed by atoms with Crippen LogP contribution in [0.2, 0.25) is 0 Å². The van der Waals surface area contributed by atoms with Crippen molar-refractivity contribution < 1.29 is 4.79 Å². The quantitative estimate of drug-likeness (QED) is 0.811. The van der Waals surface area contributed by atoms with Crippen LogP contribution in [0.15, 0.2) is 33.6 Å². The van der Waals surface area contributed by atoms with Gasteiger partial charge in [-0.1, -0.05) is 27.3 Å². The summed E-state index contributed by atoms with van der Waals surface area (Å²) in [6, 6.07) is 7.90. The van der Waals surface area contributed by atoms with Crippen molar-refractivity contribution in [2.24, 2.45) is 0 Å². The molecule has 1 aromatic heterocycles. The Morgan fingerprint density at radius 1 is 1.35 bits per heavy atom. The molecule has 0 saturated heterocycles. The molecule has 1 aromatic carbocycles. The molecule has 7 heteroatoms. The molecular formula is C13H12BrN3OS2. The fourth-order valence-corrected chi connectivity index (χ4v) is 3.51. The SMILES string of the molecule is O=C(CSc1ccc(Br)cc1)Nc1nnc(C2CC2)s1. The number of amides is 1. The highest BCUT2D eigenvalue weighted by Gasteiger charge is 2.27. The summed E-state index contributed by atoms with van der Waals surface area (Å²) in [6.07, 6.45) is 2.39. The van der Waals surface area contributed by atoms with E-state index in [-0.39, 0.29) is 5.91 Å². The molecule has 0 atom stereocenters. The summed E-state index contributed by atoms with van der Waals surface area (Å²) in [6.45, 7) is 0. The minimum absolute atomic E-state index is 0.0450. The molecule has 1 N–H and O–H groups in total. The number of carbonyl (C=O) groups is 1. The summed E-state index contributed by atoms with van der Waals surface area (Å²) >= 11 is 6.38. The minimum Gasteiger partial charge on any atom is -0.300 e. The first-order valence-electron chi connectivity index (χ1n) is 6.22. The van der Waals surface area contributed by atoms with Crippen LogP contribution >= 0.6 is 39.0 Å². The Bertz CT molecular complexity index is 610. The van der Waals surface area contributed by atoms with E-state index in [4.69, 9.17) is 0 Å². The van der Waals surface area contributed by atoms with Gasteiger partial charge in [0.2, 0.25) is 11.0 Å². The van der Waals surface area contributed by atoms with Gasteiger partial charge in [0, 0.05) is 15.3 Å². The smallest absolute Gasteiger partial charge is 0.236 e. The van der Waals surface area contributed by atoms with Crippen LogP contribution in [0.1, 0.15) is 23.8 Å². The number of anilines is 1. The number of aromatic nitrogens is 2. The van der Waals surface area contributed by atoms with Gasteiger partial charge in [0.15, 0.2) is 0 Å². The van der Waals surface area contributed by atoms with Crippen LogP contribution in [-0.4, -0.2) is 21.9 Å². The zero-order valence-electron chi connectivity index (χ0n) is 10.5. The van der Waals surface area contributed by atoms with E-state index < -0.39 is 0 Å². The lowest BCUT2D eigenvalue weighted by molar-refractivity contribution is -0.113. The van der Waals surface area contributed by atoms with Crippen LogP contribution in [0.3, 0.4) is 0 Å². The Morgan fingerprint density at radius 3 is 2.80 bits per heavy atom. The number of nitrogens with one attached hydrogen (secondary N) is 1. The molecule has 1 fully saturated rings. The number of thioether (sulfide) groups is 1. The molecule has 3 rings (SSSR count). The highest BCUT2D eigenvalue weighted by atomic mass is 79.9. The molecule has 1 aliphatic carbocycles. The van der Waals surface area contributed by atoms with Crippen LogP contribution in [-0.2, 0) is 4.79 Å². The highest BCUT2D eigenvalue weighted by molar-refractivity contribution is 9.10. The van der Waals surface area contributed by atoms with Gasteiger partial charge >= 0.3 is 0 Å². The molecular weight excluding hydrogens is 358 g/mol. The molecule has 4 nitrogen and oxygen atoms in total. The van der Waals surface area contributed by atoms with Crippen molar-refractivity contribution >= 4 is 50.1 Å². The molecule has 1 aliphatic rings. The largest absolute Gasteiger partial charge is 0.300 e. The van der Waals surface area contributed by atoms with E-state index in [1.165, 1.54) is 35.9 Å². The Kier molecular flexibility index (Phi) is 4.38. The fourth-order valence-electron chi connectivity index (χ4n) is 1.62. The maximum atomic E-state index is 11.8. The minimum atomic E-state index is -0.0450. The average molecular weight is 370 g/mol. The predicted octanol–water partition coefficient (Wildman–Crippen LogP) is 3.91. The van der Waals surface area contributed by atoms with E-state index in [1.807, 2.05) is 24.3 Å². The highest BCUT2D eigenvalue weighted by Crippen LogP contribution is 2.42. The van der Waals surface area contributed by atoms with Gasteiger partial charge in [0.1, 0.15) is 5.01 Å². The summed E-state index contributed by atoms with van der Waals surface area (Å²) in [5, 5.41) is 12.6. The topological polar surface area (TPSA) is 54.9 Å². The van der Waals surface area contributed by atoms with Crippen molar-refractivity contribution in [1.29, 1.82) is 0 Å². The first-order valence-corrected chi connectivity index (χ1v) is 8.82. The normalized spacial score (nSPS) is 14.2. The van der Waals surface area contributed by atoms with Crippen molar-refractivity contribution in [3.05, 3.63) is 33.7 Å². The zero-order chi connectivity index (χ0) is 13.9. The van der Waals surface area contributed by atoms with E-state index in [0.29, 0.717) is 16.8 Å². The Balaban J connectivity index is 1.49. The number of rotatable bonds is 5. The molecule has 0 spiro atoms. The molecule has 1 amide bonds. The van der Waals surface area contributed by atoms with Crippen LogP contribution in [0, 0.1) is 0 Å². The second-order valence-corrected chi connectivity index (χ2v) is 7.48. The third kappa shape index (κ3) is 3.80. The lowest BCUT2D eigenvalue weighted by Crippen LogP contribution is -2.13. The summed E-state index contributed by atoms with van der Waals surface area (Å²) in [5.74, 6) is 0.909. The maximum absolute atomic E-state index is 11.8. The second-order valence-electron chi connectivity index (χ2n) is 4.51. The average Bonchev–Trinajstić information content (AvgIpc) is 3.19. The molecule has 1 heterocycles. The number of nitrogens with zero attached hydrogens (tertiary/aromatic N) is 2. The molecule has 0 bridgehead atoms. The van der Waals surface area contributed by atoms with Gasteiger partial charge in [-0.3, -0.25) is 10.1 Å². The lowest BCUT2D eigenvalue weighted by Gasteiger charge is -2.01. The van der Waals surface area contributed by atoms with Gasteiger partial charge in [0.25, 0.3) is 0 Å². The molecule has 2 aromatic rings. The van der Waals surface area contributed by atoms with E-state index in [9.17, 15) is 4.79 Å². The monoisotopic (exact) mass is 369 g/mol. The van der Waals surface area contributed by atoms with Crippen molar-refractivity contribution in [1.82, 2.24) is 10.2 Å². The summed E-state index contributed by atoms with van der Waals surface area (Å²) in [4.78, 5) is 12.9. The number of halogens is 1. The van der Waals surface area contributed by atoms with Crippen molar-refractivity contribution in [2.45, 2.75) is 23.7 Å². The molecule has 104 valence electrons. The second kappa shape index (κ2) is 6.24. The van der Waals surface area contributed by atoms with Crippen LogP contribution in [0.5, 0.6) is 0 Å². The first-order chi connectivity index (χ1) is 9.70. The van der Waals surface area contributed by atoms with Crippen molar-refractivity contribution in [3.63, 3.8) is 0 Å². The third-order valence-corrected chi connectivity index (χ3v) is 5.34. The summed E-state index contributed by atoms with van der Waals surface area (Å²) in [7, 11) is 0. The third-order valence-electron chi connectivity index (χ3n) is 2.80. The predicted molar refractivity (Wildman–Crippen MR) is 85.4 cm³/mol. The summed E-state index contributed by atoms with van der Waals surface area (Å²) < 4.78 is 1.03. The molecule has 0 aliphatic heterocycles. The maximum Gasteiger partial charge on any atom is 0.236 e. The number of carbonyl (C=O) groups excluding carboxylic acids is 1. The number of benzene rings is 1. The molecule has 0 radical (unpaired) electrons. The van der Waals surface area contributed by atoms with Gasteiger partial charge in [-0.05, 0) is 37.1 Å². The van der Waals surface area contributed by atoms with Crippen LogP contribution in [0.25, 0.3) is 0 Å². The first kappa shape index (κ1) is 14.0. The molecule has 1 saturated carbocycles. The fraction of sp³-hybridized carbons (Fsp3) is 0.308. The van der Waals surface area contributed by atoms with Gasteiger partial charge in [-0.15, -0.1) is 22.0 Å². The van der Waals surface area contributed by atoms with E-state index in [1.54, 1.807) is 0 Å². The standard InChI is InChI=1S/C13H12BrN3OS2/c14-9-3-5-10(6-4-9)19-7-11(18)15-13-17-16-12(20-13)8-1-2-8/h3-6,8H,1-2,7H2,(H,15,17,18). The van der Waals surface area contributed by atoms with Crippen LogP contribution < -0.4 is 5.32 Å². The van der Waals surface area contributed by atoms with Crippen LogP contribution in [0.4, 0.5) is 5.13 Å². The lowest BCUT2D eigenvalue weighted by atomic mass is 10.4. The number of hydrogen-bond donors (Lipinski definition) is 1. The van der Waals surface area contributed by atoms with E-state index in [2.05, 4.69) is 31.4 Å². The van der Waals surface area contributed by atoms with Gasteiger partial charge in [-0.2, -0.15) is 0 Å². The Morgan fingerprint density at radius 2 is 2.10 bits per heavy atom. The zero-order valence-corrected chi connectivity index (χ0v) is 13.7. The van der Waals surface area contributed by atoms with Crippen molar-refractivity contribution in [2.75, 3.05) is 11.1 Å². The van der Waals surface area contributed by atoms with Gasteiger partial charge < -0.3 is 0 Å². The van der Waals surface area contributed by atoms with E-state index >= 15 is 0 Å². The molecule has 20 heavy (non-hydrogen) atoms. The summed E-state index contributed by atoms with van der Waals surface area (Å²) in [5.41, 5.74) is 0. The number of hydrogen-bond acceptors (Lipinski definition) is 5. The molecule has 0 unspecified atom stereocenters. The van der Waals surface area contributed by atoms with E-state index in [0.717, 1.165) is 14.4 Å². The van der Waals surface area contributed by atoms with Crippen molar-refractivity contribution in [3.8, 4) is 0 Å². The van der Waals surface area contributed by atoms with Gasteiger partial charge in [0.05, 0.1) is 5.75 Å².